The number of carbonyl (C=O) groups is 2. The van der Waals surface area contributed by atoms with Gasteiger partial charge in [0.05, 0.1) is 0 Å². The van der Waals surface area contributed by atoms with Gasteiger partial charge in [0.2, 0.25) is 5.91 Å². The molecule has 0 aliphatic carbocycles. The quantitative estimate of drug-likeness (QED) is 0.634. The molecule has 0 radical (unpaired) electrons. The van der Waals surface area contributed by atoms with E-state index in [0.29, 0.717) is 23.6 Å². The SMILES string of the molecule is O=C(NC(C(=O)NCCc1cccc(Cl)c1)c1ccccc1)c1ccccc1. The second kappa shape index (κ2) is 9.72. The molecule has 3 rings (SSSR count). The summed E-state index contributed by atoms with van der Waals surface area (Å²) in [5.41, 5.74) is 2.28. The third kappa shape index (κ3) is 5.44. The molecule has 0 saturated carbocycles. The van der Waals surface area contributed by atoms with Gasteiger partial charge in [0.1, 0.15) is 6.04 Å². The average Bonchev–Trinajstić information content (AvgIpc) is 2.73. The van der Waals surface area contributed by atoms with Gasteiger partial charge in [0, 0.05) is 17.1 Å². The third-order valence-corrected chi connectivity index (χ3v) is 4.54. The van der Waals surface area contributed by atoms with Gasteiger partial charge in [0.15, 0.2) is 0 Å². The van der Waals surface area contributed by atoms with E-state index in [2.05, 4.69) is 10.6 Å². The van der Waals surface area contributed by atoms with E-state index in [4.69, 9.17) is 11.6 Å². The van der Waals surface area contributed by atoms with E-state index < -0.39 is 6.04 Å². The lowest BCUT2D eigenvalue weighted by Crippen LogP contribution is -2.41. The van der Waals surface area contributed by atoms with Crippen LogP contribution in [0, 0.1) is 0 Å². The summed E-state index contributed by atoms with van der Waals surface area (Å²) in [5, 5.41) is 6.41. The smallest absolute Gasteiger partial charge is 0.252 e. The zero-order chi connectivity index (χ0) is 19.8. The Balaban J connectivity index is 1.68. The fourth-order valence-corrected chi connectivity index (χ4v) is 3.09. The first-order chi connectivity index (χ1) is 13.6. The van der Waals surface area contributed by atoms with Crippen LogP contribution in [0.1, 0.15) is 27.5 Å². The predicted molar refractivity (Wildman–Crippen MR) is 111 cm³/mol. The Morgan fingerprint density at radius 1 is 0.857 bits per heavy atom. The molecule has 28 heavy (non-hydrogen) atoms. The van der Waals surface area contributed by atoms with Crippen molar-refractivity contribution in [3.63, 3.8) is 0 Å². The van der Waals surface area contributed by atoms with Gasteiger partial charge >= 0.3 is 0 Å². The highest BCUT2D eigenvalue weighted by molar-refractivity contribution is 6.30. The zero-order valence-corrected chi connectivity index (χ0v) is 16.0. The molecule has 0 aliphatic rings. The summed E-state index contributed by atoms with van der Waals surface area (Å²) in [4.78, 5) is 25.4. The molecule has 0 heterocycles. The number of benzene rings is 3. The minimum Gasteiger partial charge on any atom is -0.354 e. The van der Waals surface area contributed by atoms with Gasteiger partial charge in [-0.2, -0.15) is 0 Å². The molecule has 0 fully saturated rings. The fraction of sp³-hybridized carbons (Fsp3) is 0.130. The van der Waals surface area contributed by atoms with Gasteiger partial charge in [-0.3, -0.25) is 9.59 Å². The zero-order valence-electron chi connectivity index (χ0n) is 15.3. The monoisotopic (exact) mass is 392 g/mol. The van der Waals surface area contributed by atoms with Gasteiger partial charge < -0.3 is 10.6 Å². The van der Waals surface area contributed by atoms with Crippen LogP contribution >= 0.6 is 11.6 Å². The fourth-order valence-electron chi connectivity index (χ4n) is 2.87. The maximum atomic E-state index is 12.8. The van der Waals surface area contributed by atoms with Crippen LogP contribution in [0.25, 0.3) is 0 Å². The molecule has 0 spiro atoms. The van der Waals surface area contributed by atoms with E-state index in [1.165, 1.54) is 0 Å². The molecule has 0 bridgehead atoms. The lowest BCUT2D eigenvalue weighted by Gasteiger charge is -2.19. The molecule has 0 aliphatic heterocycles. The molecule has 4 nitrogen and oxygen atoms in total. The standard InChI is InChI=1S/C23H21ClN2O2/c24-20-13-7-8-17(16-20)14-15-25-23(28)21(18-9-3-1-4-10-18)26-22(27)19-11-5-2-6-12-19/h1-13,16,21H,14-15H2,(H,25,28)(H,26,27). The summed E-state index contributed by atoms with van der Waals surface area (Å²) < 4.78 is 0. The molecule has 2 amide bonds. The Morgan fingerprint density at radius 2 is 1.54 bits per heavy atom. The number of rotatable bonds is 7. The Labute approximate surface area is 169 Å². The topological polar surface area (TPSA) is 58.2 Å². The van der Waals surface area contributed by atoms with Crippen molar-refractivity contribution >= 4 is 23.4 Å². The molecule has 1 atom stereocenters. The summed E-state index contributed by atoms with van der Waals surface area (Å²) in [6, 6.07) is 24.8. The highest BCUT2D eigenvalue weighted by atomic mass is 35.5. The molecule has 3 aromatic carbocycles. The minimum atomic E-state index is -0.770. The van der Waals surface area contributed by atoms with Crippen LogP contribution in [-0.4, -0.2) is 18.4 Å². The molecule has 5 heteroatoms. The minimum absolute atomic E-state index is 0.252. The highest BCUT2D eigenvalue weighted by Gasteiger charge is 2.22. The molecule has 0 saturated heterocycles. The Hall–Kier alpha value is -3.11. The van der Waals surface area contributed by atoms with Crippen LogP contribution in [0.2, 0.25) is 5.02 Å². The lowest BCUT2D eigenvalue weighted by molar-refractivity contribution is -0.123. The number of carbonyl (C=O) groups excluding carboxylic acids is 2. The van der Waals surface area contributed by atoms with Gasteiger partial charge in [-0.1, -0.05) is 72.3 Å². The second-order valence-corrected chi connectivity index (χ2v) is 6.79. The molecule has 142 valence electrons. The third-order valence-electron chi connectivity index (χ3n) is 4.31. The molecule has 1 unspecified atom stereocenters. The molecular formula is C23H21ClN2O2. The van der Waals surface area contributed by atoms with Gasteiger partial charge in [-0.25, -0.2) is 0 Å². The summed E-state index contributed by atoms with van der Waals surface area (Å²) in [6.45, 7) is 0.448. The molecule has 2 N–H and O–H groups in total. The van der Waals surface area contributed by atoms with Crippen LogP contribution in [0.15, 0.2) is 84.9 Å². The summed E-state index contributed by atoms with van der Waals surface area (Å²) in [5.74, 6) is -0.544. The van der Waals surface area contributed by atoms with Crippen molar-refractivity contribution in [1.29, 1.82) is 0 Å². The van der Waals surface area contributed by atoms with Crippen molar-refractivity contribution in [2.24, 2.45) is 0 Å². The van der Waals surface area contributed by atoms with Crippen molar-refractivity contribution in [3.8, 4) is 0 Å². The van der Waals surface area contributed by atoms with Crippen LogP contribution in [-0.2, 0) is 11.2 Å². The van der Waals surface area contributed by atoms with E-state index in [9.17, 15) is 9.59 Å². The maximum Gasteiger partial charge on any atom is 0.252 e. The lowest BCUT2D eigenvalue weighted by atomic mass is 10.0. The van der Waals surface area contributed by atoms with Gasteiger partial charge in [0.25, 0.3) is 5.91 Å². The first-order valence-electron chi connectivity index (χ1n) is 9.06. The highest BCUT2D eigenvalue weighted by Crippen LogP contribution is 2.15. The predicted octanol–water partition coefficient (Wildman–Crippen LogP) is 4.17. The van der Waals surface area contributed by atoms with E-state index in [1.54, 1.807) is 24.3 Å². The number of hydrogen-bond acceptors (Lipinski definition) is 2. The molecular weight excluding hydrogens is 372 g/mol. The van der Waals surface area contributed by atoms with Crippen molar-refractivity contribution in [2.75, 3.05) is 6.54 Å². The Bertz CT molecular complexity index is 930. The number of hydrogen-bond donors (Lipinski definition) is 2. The molecule has 0 aromatic heterocycles. The normalized spacial score (nSPS) is 11.5. The van der Waals surface area contributed by atoms with Crippen molar-refractivity contribution in [1.82, 2.24) is 10.6 Å². The first-order valence-corrected chi connectivity index (χ1v) is 9.44. The van der Waals surface area contributed by atoms with Crippen molar-refractivity contribution in [3.05, 3.63) is 107 Å². The summed E-state index contributed by atoms with van der Waals surface area (Å²) in [7, 11) is 0. The summed E-state index contributed by atoms with van der Waals surface area (Å²) >= 11 is 6.00. The van der Waals surface area contributed by atoms with Crippen molar-refractivity contribution in [2.45, 2.75) is 12.5 Å². The molecule has 3 aromatic rings. The largest absolute Gasteiger partial charge is 0.354 e. The van der Waals surface area contributed by atoms with Gasteiger partial charge in [-0.15, -0.1) is 0 Å². The Morgan fingerprint density at radius 3 is 2.21 bits per heavy atom. The number of halogens is 1. The van der Waals surface area contributed by atoms with Gasteiger partial charge in [-0.05, 0) is 41.8 Å². The van der Waals surface area contributed by atoms with Crippen LogP contribution in [0.3, 0.4) is 0 Å². The van der Waals surface area contributed by atoms with E-state index in [0.717, 1.165) is 11.1 Å². The van der Waals surface area contributed by atoms with Crippen LogP contribution in [0.4, 0.5) is 0 Å². The Kier molecular flexibility index (Phi) is 6.82. The van der Waals surface area contributed by atoms with E-state index >= 15 is 0 Å². The maximum absolute atomic E-state index is 12.8. The van der Waals surface area contributed by atoms with Crippen LogP contribution in [0.5, 0.6) is 0 Å². The average molecular weight is 393 g/mol. The van der Waals surface area contributed by atoms with E-state index in [1.807, 2.05) is 60.7 Å². The second-order valence-electron chi connectivity index (χ2n) is 6.35. The first kappa shape index (κ1) is 19.6. The van der Waals surface area contributed by atoms with Crippen LogP contribution < -0.4 is 10.6 Å². The van der Waals surface area contributed by atoms with Crippen molar-refractivity contribution < 1.29 is 9.59 Å². The number of amides is 2. The summed E-state index contributed by atoms with van der Waals surface area (Å²) in [6.07, 6.45) is 0.653. The number of nitrogens with one attached hydrogen (secondary N) is 2. The van der Waals surface area contributed by atoms with E-state index in [-0.39, 0.29) is 11.8 Å².